The third-order valence-corrected chi connectivity index (χ3v) is 6.83. The number of hydrogen-bond acceptors (Lipinski definition) is 9. The minimum Gasteiger partial charge on any atom is -0.722 e. The minimum absolute atomic E-state index is 0.0530. The molecule has 4 N–H and O–H groups in total. The number of carboxylic acids is 1. The van der Waals surface area contributed by atoms with Gasteiger partial charge < -0.3 is 24.9 Å². The van der Waals surface area contributed by atoms with Crippen LogP contribution in [0.3, 0.4) is 0 Å². The Morgan fingerprint density at radius 2 is 1.68 bits per heavy atom. The van der Waals surface area contributed by atoms with Crippen molar-refractivity contribution in [1.82, 2.24) is 0 Å². The van der Waals surface area contributed by atoms with Crippen molar-refractivity contribution >= 4 is 58.0 Å². The van der Waals surface area contributed by atoms with Crippen LogP contribution in [-0.2, 0) is 26.1 Å². The molecule has 3 aromatic carbocycles. The second-order valence-corrected chi connectivity index (χ2v) is 10.9. The maximum atomic E-state index is 12.5. The molecule has 0 fully saturated rings. The van der Waals surface area contributed by atoms with E-state index in [0.29, 0.717) is 27.4 Å². The van der Waals surface area contributed by atoms with E-state index >= 15 is 0 Å². The highest BCUT2D eigenvalue weighted by Gasteiger charge is 2.31. The van der Waals surface area contributed by atoms with Crippen molar-refractivity contribution < 1.29 is 49.6 Å². The highest BCUT2D eigenvalue weighted by atomic mass is 35.7. The number of nitrogens with one attached hydrogen (secondary N) is 1. The van der Waals surface area contributed by atoms with Crippen LogP contribution in [0.25, 0.3) is 32.9 Å². The number of benzene rings is 3. The number of carbonyl (C=O) groups is 1. The van der Waals surface area contributed by atoms with Gasteiger partial charge in [-0.1, -0.05) is 24.3 Å². The molecule has 202 valence electrons. The summed E-state index contributed by atoms with van der Waals surface area (Å²) in [5, 5.41) is 11.0. The predicted octanol–water partition coefficient (Wildman–Crippen LogP) is 2.99. The van der Waals surface area contributed by atoms with E-state index in [0.717, 1.165) is 0 Å². The summed E-state index contributed by atoms with van der Waals surface area (Å²) in [7, 11) is -1.22. The number of pyridine rings is 1. The predicted molar refractivity (Wildman–Crippen MR) is 135 cm³/mol. The largest absolute Gasteiger partial charge is 0.722 e. The number of para-hydroxylation sites is 1. The number of methoxy groups -OCH3 is 2. The number of rotatable bonds is 6. The van der Waals surface area contributed by atoms with Crippen molar-refractivity contribution in [2.75, 3.05) is 14.2 Å². The lowest BCUT2D eigenvalue weighted by atomic mass is 9.92. The number of hydrogen-bond donors (Lipinski definition) is 2. The molecular formula is C23H20ClFN2O9S2. The topological polar surface area (TPSA) is 187 Å². The quantitative estimate of drug-likeness (QED) is 0.193. The number of fused-ring (bicyclic) bond motifs is 2. The van der Waals surface area contributed by atoms with Crippen LogP contribution >= 0.6 is 10.7 Å². The van der Waals surface area contributed by atoms with Gasteiger partial charge in [0.25, 0.3) is 19.6 Å². The standard InChI is InChI=1S/C23H19ClN2O6S.FHO3S/c1-31-17-10-12(11-25)22(33(24,29)30)21(32-2)19(17)14-7-5-9-16-18(14)20(23(27)28)13-6-3-4-8-15(13)26-16;1-5(2,3)4/h3-10H,11,25H2,1-2H3,(H,27,28);(H,2,3,4). The highest BCUT2D eigenvalue weighted by molar-refractivity contribution is 8.13. The zero-order valence-electron chi connectivity index (χ0n) is 19.7. The molecule has 0 aliphatic carbocycles. The molecule has 0 aliphatic rings. The molecule has 0 saturated carbocycles. The first-order chi connectivity index (χ1) is 17.7. The van der Waals surface area contributed by atoms with Crippen LogP contribution in [0, 0.1) is 0 Å². The number of halogens is 2. The Hall–Kier alpha value is -3.56. The molecule has 38 heavy (non-hydrogen) atoms. The van der Waals surface area contributed by atoms with E-state index in [4.69, 9.17) is 38.9 Å². The third kappa shape index (κ3) is 5.95. The maximum absolute atomic E-state index is 12.5. The van der Waals surface area contributed by atoms with Crippen molar-refractivity contribution in [1.29, 1.82) is 0 Å². The monoisotopic (exact) mass is 586 g/mol. The highest BCUT2D eigenvalue weighted by Crippen LogP contribution is 2.48. The van der Waals surface area contributed by atoms with Gasteiger partial charge in [-0.15, -0.1) is 3.89 Å². The van der Waals surface area contributed by atoms with Gasteiger partial charge in [0.1, 0.15) is 10.6 Å². The Labute approximate surface area is 221 Å². The van der Waals surface area contributed by atoms with E-state index < -0.39 is 25.5 Å². The SMILES string of the molecule is COc1cc(CN)c(S(=O)(=O)Cl)c(OC)c1-c1cccc2[nH+]c3ccccc3c(C(=O)O)c12.O=S(=O)([O-])F. The maximum Gasteiger partial charge on any atom is 0.337 e. The van der Waals surface area contributed by atoms with Crippen LogP contribution < -0.4 is 20.2 Å². The van der Waals surface area contributed by atoms with E-state index in [1.165, 1.54) is 20.3 Å². The number of ether oxygens (including phenoxy) is 2. The zero-order valence-corrected chi connectivity index (χ0v) is 22.1. The van der Waals surface area contributed by atoms with Crippen LogP contribution in [0.5, 0.6) is 11.5 Å². The second-order valence-electron chi connectivity index (χ2n) is 7.59. The average Bonchev–Trinajstić information content (AvgIpc) is 2.83. The van der Waals surface area contributed by atoms with Gasteiger partial charge in [-0.05, 0) is 17.7 Å². The normalized spacial score (nSPS) is 11.6. The van der Waals surface area contributed by atoms with Gasteiger partial charge in [-0.2, -0.15) is 0 Å². The number of carboxylic acid groups (broad SMARTS) is 1. The molecule has 1 aromatic heterocycles. The molecule has 0 unspecified atom stereocenters. The van der Waals surface area contributed by atoms with Crippen LogP contribution in [0.15, 0.2) is 53.4 Å². The molecule has 0 spiro atoms. The molecule has 4 rings (SSSR count). The first kappa shape index (κ1) is 29.0. The number of H-pyrrole nitrogens is 1. The van der Waals surface area contributed by atoms with Crippen molar-refractivity contribution in [3.8, 4) is 22.6 Å². The van der Waals surface area contributed by atoms with Crippen LogP contribution in [0.2, 0.25) is 0 Å². The van der Waals surface area contributed by atoms with Gasteiger partial charge in [-0.3, -0.25) is 0 Å². The molecule has 11 nitrogen and oxygen atoms in total. The van der Waals surface area contributed by atoms with Gasteiger partial charge in [0.15, 0.2) is 5.75 Å². The first-order valence-corrected chi connectivity index (χ1v) is 14.0. The molecule has 15 heteroatoms. The Bertz CT molecular complexity index is 1770. The zero-order chi connectivity index (χ0) is 28.4. The van der Waals surface area contributed by atoms with E-state index in [1.54, 1.807) is 42.5 Å². The van der Waals surface area contributed by atoms with E-state index in [2.05, 4.69) is 4.98 Å². The molecule has 0 saturated heterocycles. The van der Waals surface area contributed by atoms with Gasteiger partial charge in [-0.25, -0.2) is 26.6 Å². The molecule has 0 amide bonds. The van der Waals surface area contributed by atoms with Crippen molar-refractivity contribution in [2.45, 2.75) is 11.4 Å². The van der Waals surface area contributed by atoms with Crippen LogP contribution in [0.4, 0.5) is 3.89 Å². The van der Waals surface area contributed by atoms with E-state index in [9.17, 15) is 22.2 Å². The number of aromatic carboxylic acids is 1. The summed E-state index contributed by atoms with van der Waals surface area (Å²) in [6.07, 6.45) is 0. The fourth-order valence-electron chi connectivity index (χ4n) is 4.14. The van der Waals surface area contributed by atoms with E-state index in [-0.39, 0.29) is 39.6 Å². The van der Waals surface area contributed by atoms with Gasteiger partial charge >= 0.3 is 5.97 Å². The summed E-state index contributed by atoms with van der Waals surface area (Å²) < 4.78 is 71.4. The molecule has 0 aliphatic heterocycles. The van der Waals surface area contributed by atoms with Crippen LogP contribution in [0.1, 0.15) is 15.9 Å². The van der Waals surface area contributed by atoms with E-state index in [1.807, 2.05) is 0 Å². The molecule has 0 atom stereocenters. The molecule has 0 bridgehead atoms. The van der Waals surface area contributed by atoms with Gasteiger partial charge in [0, 0.05) is 34.9 Å². The summed E-state index contributed by atoms with van der Waals surface area (Å²) in [5.41, 5.74) is 7.85. The average molecular weight is 587 g/mol. The second kappa shape index (κ2) is 11.0. The molecule has 0 radical (unpaired) electrons. The summed E-state index contributed by atoms with van der Waals surface area (Å²) >= 11 is 0. The van der Waals surface area contributed by atoms with Crippen LogP contribution in [-0.4, -0.2) is 46.7 Å². The lowest BCUT2D eigenvalue weighted by molar-refractivity contribution is -0.310. The number of nitrogens with two attached hydrogens (primary N) is 1. The summed E-state index contributed by atoms with van der Waals surface area (Å²) in [5.74, 6) is -0.963. The summed E-state index contributed by atoms with van der Waals surface area (Å²) in [6, 6.07) is 13.6. The fraction of sp³-hybridized carbons (Fsp3) is 0.130. The van der Waals surface area contributed by atoms with Crippen molar-refractivity contribution in [2.24, 2.45) is 5.73 Å². The van der Waals surface area contributed by atoms with Gasteiger partial charge in [0.05, 0.1) is 36.1 Å². The Balaban J connectivity index is 0.000000732. The number of aromatic amines is 1. The lowest BCUT2D eigenvalue weighted by Gasteiger charge is -2.20. The Kier molecular flexibility index (Phi) is 8.43. The van der Waals surface area contributed by atoms with Crippen molar-refractivity contribution in [3.05, 3.63) is 59.7 Å². The minimum atomic E-state index is -5.42. The first-order valence-electron chi connectivity index (χ1n) is 10.4. The molecular weight excluding hydrogens is 567 g/mol. The van der Waals surface area contributed by atoms with Gasteiger partial charge in [0.2, 0.25) is 11.0 Å². The lowest BCUT2D eigenvalue weighted by Crippen LogP contribution is -2.12. The molecule has 1 heterocycles. The summed E-state index contributed by atoms with van der Waals surface area (Å²) in [6.45, 7) is -0.136. The fourth-order valence-corrected chi connectivity index (χ4v) is 5.51. The smallest absolute Gasteiger partial charge is 0.337 e. The van der Waals surface area contributed by atoms with Crippen molar-refractivity contribution in [3.63, 3.8) is 0 Å². The third-order valence-electron chi connectivity index (χ3n) is 5.43. The number of aromatic nitrogens is 1. The summed E-state index contributed by atoms with van der Waals surface area (Å²) in [4.78, 5) is 15.4. The Morgan fingerprint density at radius 3 is 2.21 bits per heavy atom. The Morgan fingerprint density at radius 1 is 1.08 bits per heavy atom. The molecule has 4 aromatic rings.